The number of aromatic nitrogens is 1. The van der Waals surface area contributed by atoms with Crippen molar-refractivity contribution in [1.82, 2.24) is 4.98 Å². The second-order valence-electron chi connectivity index (χ2n) is 2.30. The number of alkyl halides is 3. The van der Waals surface area contributed by atoms with Gasteiger partial charge in [-0.2, -0.15) is 21.6 Å². The lowest BCUT2D eigenvalue weighted by Gasteiger charge is -2.07. The van der Waals surface area contributed by atoms with Gasteiger partial charge in [-0.15, -0.1) is 0 Å². The van der Waals surface area contributed by atoms with E-state index in [-0.39, 0.29) is 5.02 Å². The zero-order valence-corrected chi connectivity index (χ0v) is 8.40. The molecule has 0 saturated carbocycles. The first-order chi connectivity index (χ1) is 6.72. The van der Waals surface area contributed by atoms with Crippen molar-refractivity contribution >= 4 is 21.7 Å². The van der Waals surface area contributed by atoms with Crippen molar-refractivity contribution in [2.45, 2.75) is 5.51 Å². The van der Waals surface area contributed by atoms with E-state index in [1.54, 1.807) is 0 Å². The van der Waals surface area contributed by atoms with Crippen LogP contribution in [0.15, 0.2) is 18.3 Å². The minimum absolute atomic E-state index is 0.145. The zero-order valence-electron chi connectivity index (χ0n) is 6.82. The van der Waals surface area contributed by atoms with Crippen LogP contribution in [0.3, 0.4) is 0 Å². The van der Waals surface area contributed by atoms with E-state index in [2.05, 4.69) is 9.17 Å². The van der Waals surface area contributed by atoms with E-state index in [0.717, 1.165) is 18.3 Å². The topological polar surface area (TPSA) is 56.3 Å². The first kappa shape index (κ1) is 12.1. The molecule has 1 rings (SSSR count). The summed E-state index contributed by atoms with van der Waals surface area (Å²) in [6.45, 7) is 0. The van der Waals surface area contributed by atoms with Gasteiger partial charge in [0.2, 0.25) is 5.88 Å². The molecule has 0 atom stereocenters. The van der Waals surface area contributed by atoms with Crippen molar-refractivity contribution in [2.75, 3.05) is 0 Å². The Morgan fingerprint density at radius 1 is 1.33 bits per heavy atom. The number of nitrogens with zero attached hydrogens (tertiary/aromatic N) is 1. The Kier molecular flexibility index (Phi) is 3.10. The summed E-state index contributed by atoms with van der Waals surface area (Å²) in [6.07, 6.45) is 0.961. The summed E-state index contributed by atoms with van der Waals surface area (Å²) in [4.78, 5) is 3.24. The van der Waals surface area contributed by atoms with Gasteiger partial charge in [-0.25, -0.2) is 4.98 Å². The highest BCUT2D eigenvalue weighted by Gasteiger charge is 2.48. The van der Waals surface area contributed by atoms with Crippen LogP contribution >= 0.6 is 11.6 Å². The number of pyridine rings is 1. The van der Waals surface area contributed by atoms with Gasteiger partial charge in [0.15, 0.2) is 0 Å². The lowest BCUT2D eigenvalue weighted by Crippen LogP contribution is -2.28. The highest BCUT2D eigenvalue weighted by atomic mass is 35.5. The molecule has 0 spiro atoms. The van der Waals surface area contributed by atoms with Gasteiger partial charge in [0, 0.05) is 12.3 Å². The molecule has 15 heavy (non-hydrogen) atoms. The van der Waals surface area contributed by atoms with Crippen LogP contribution in [0.1, 0.15) is 0 Å². The fraction of sp³-hybridized carbons (Fsp3) is 0.167. The highest BCUT2D eigenvalue weighted by Crippen LogP contribution is 2.26. The molecule has 0 amide bonds. The van der Waals surface area contributed by atoms with Crippen LogP contribution in [0.5, 0.6) is 5.88 Å². The minimum Gasteiger partial charge on any atom is -0.355 e. The standard InChI is InChI=1S/C6H3ClF3NO3S/c7-4-1-2-5(11-3-4)14-15(12,13)6(8,9)10/h1-3H. The van der Waals surface area contributed by atoms with E-state index >= 15 is 0 Å². The maximum absolute atomic E-state index is 11.8. The molecule has 1 heterocycles. The molecule has 0 aliphatic heterocycles. The normalized spacial score (nSPS) is 12.5. The van der Waals surface area contributed by atoms with E-state index in [1.165, 1.54) is 0 Å². The fourth-order valence-electron chi connectivity index (χ4n) is 0.571. The average molecular weight is 262 g/mol. The molecule has 1 aromatic heterocycles. The Bertz CT molecular complexity index is 442. The molecule has 0 unspecified atom stereocenters. The van der Waals surface area contributed by atoms with Crippen LogP contribution < -0.4 is 4.18 Å². The Balaban J connectivity index is 2.93. The molecule has 0 radical (unpaired) electrons. The van der Waals surface area contributed by atoms with Gasteiger partial charge < -0.3 is 4.18 Å². The zero-order chi connectivity index (χ0) is 11.7. The van der Waals surface area contributed by atoms with Crippen LogP contribution in [0, 0.1) is 0 Å². The molecule has 9 heteroatoms. The molecule has 0 fully saturated rings. The van der Waals surface area contributed by atoms with E-state index in [4.69, 9.17) is 11.6 Å². The van der Waals surface area contributed by atoms with E-state index in [9.17, 15) is 21.6 Å². The minimum atomic E-state index is -5.67. The summed E-state index contributed by atoms with van der Waals surface area (Å²) in [7, 11) is -5.67. The maximum Gasteiger partial charge on any atom is 0.534 e. The average Bonchev–Trinajstić information content (AvgIpc) is 2.06. The molecule has 0 saturated heterocycles. The summed E-state index contributed by atoms with van der Waals surface area (Å²) in [5.74, 6) is -0.697. The summed E-state index contributed by atoms with van der Waals surface area (Å²) in [5, 5.41) is 0.145. The first-order valence-corrected chi connectivity index (χ1v) is 5.13. The molecule has 0 N–H and O–H groups in total. The number of hydrogen-bond donors (Lipinski definition) is 0. The van der Waals surface area contributed by atoms with Crippen LogP contribution in [0.2, 0.25) is 5.02 Å². The molecule has 0 bridgehead atoms. The molecule has 0 aliphatic rings. The van der Waals surface area contributed by atoms with Crippen LogP contribution in [-0.2, 0) is 10.1 Å². The maximum atomic E-state index is 11.8. The van der Waals surface area contributed by atoms with E-state index < -0.39 is 21.5 Å². The molecule has 1 aromatic rings. The summed E-state index contributed by atoms with van der Waals surface area (Å²) in [5.41, 5.74) is -5.48. The lowest BCUT2D eigenvalue weighted by molar-refractivity contribution is -0.0501. The highest BCUT2D eigenvalue weighted by molar-refractivity contribution is 7.87. The van der Waals surface area contributed by atoms with Gasteiger partial charge in [-0.3, -0.25) is 0 Å². The van der Waals surface area contributed by atoms with Gasteiger partial charge in [0.05, 0.1) is 5.02 Å². The van der Waals surface area contributed by atoms with Crippen LogP contribution in [0.25, 0.3) is 0 Å². The first-order valence-electron chi connectivity index (χ1n) is 3.35. The van der Waals surface area contributed by atoms with Gasteiger partial charge in [-0.05, 0) is 6.07 Å². The Morgan fingerprint density at radius 3 is 2.33 bits per heavy atom. The molecule has 0 aromatic carbocycles. The second kappa shape index (κ2) is 3.86. The van der Waals surface area contributed by atoms with E-state index in [1.807, 2.05) is 0 Å². The van der Waals surface area contributed by atoms with Crippen LogP contribution in [0.4, 0.5) is 13.2 Å². The van der Waals surface area contributed by atoms with Gasteiger partial charge in [0.1, 0.15) is 0 Å². The lowest BCUT2D eigenvalue weighted by atomic mass is 10.5. The van der Waals surface area contributed by atoms with Crippen LogP contribution in [-0.4, -0.2) is 18.9 Å². The third-order valence-electron chi connectivity index (χ3n) is 1.18. The third-order valence-corrected chi connectivity index (χ3v) is 2.36. The van der Waals surface area contributed by atoms with E-state index in [0.29, 0.717) is 0 Å². The predicted octanol–water partition coefficient (Wildman–Crippen LogP) is 1.96. The van der Waals surface area contributed by atoms with Crippen molar-refractivity contribution in [3.05, 3.63) is 23.4 Å². The monoisotopic (exact) mass is 261 g/mol. The molecule has 0 aliphatic carbocycles. The van der Waals surface area contributed by atoms with Gasteiger partial charge in [-0.1, -0.05) is 11.6 Å². The van der Waals surface area contributed by atoms with Gasteiger partial charge in [0.25, 0.3) is 0 Å². The fourth-order valence-corrected chi connectivity index (χ4v) is 1.10. The Morgan fingerprint density at radius 2 is 1.93 bits per heavy atom. The van der Waals surface area contributed by atoms with Gasteiger partial charge >= 0.3 is 15.6 Å². The van der Waals surface area contributed by atoms with Crippen molar-refractivity contribution in [3.63, 3.8) is 0 Å². The molecular formula is C6H3ClF3NO3S. The van der Waals surface area contributed by atoms with Crippen molar-refractivity contribution in [3.8, 4) is 5.88 Å². The number of halogens is 4. The predicted molar refractivity (Wildman–Crippen MR) is 44.8 cm³/mol. The van der Waals surface area contributed by atoms with Crippen molar-refractivity contribution in [2.24, 2.45) is 0 Å². The number of rotatable bonds is 2. The quantitative estimate of drug-likeness (QED) is 0.603. The second-order valence-corrected chi connectivity index (χ2v) is 4.27. The molecular weight excluding hydrogens is 259 g/mol. The summed E-state index contributed by atoms with van der Waals surface area (Å²) in [6, 6.07) is 2.06. The SMILES string of the molecule is O=S(=O)(Oc1ccc(Cl)cn1)C(F)(F)F. The Labute approximate surface area is 87.8 Å². The van der Waals surface area contributed by atoms with Crippen molar-refractivity contribution in [1.29, 1.82) is 0 Å². The molecule has 84 valence electrons. The smallest absolute Gasteiger partial charge is 0.355 e. The van der Waals surface area contributed by atoms with Crippen molar-refractivity contribution < 1.29 is 25.8 Å². The largest absolute Gasteiger partial charge is 0.534 e. The molecule has 4 nitrogen and oxygen atoms in total. The Hall–Kier alpha value is -1.02. The summed E-state index contributed by atoms with van der Waals surface area (Å²) >= 11 is 5.38. The third kappa shape index (κ3) is 2.96. The summed E-state index contributed by atoms with van der Waals surface area (Å²) < 4.78 is 60.2. The number of hydrogen-bond acceptors (Lipinski definition) is 4.